The van der Waals surface area contributed by atoms with Crippen molar-refractivity contribution >= 4 is 22.8 Å². The molecule has 0 fully saturated rings. The van der Waals surface area contributed by atoms with Crippen molar-refractivity contribution in [3.8, 4) is 11.1 Å². The van der Waals surface area contributed by atoms with Gasteiger partial charge in [-0.05, 0) is 29.3 Å². The number of rotatable bonds is 4. The summed E-state index contributed by atoms with van der Waals surface area (Å²) in [6, 6.07) is 35.9. The van der Waals surface area contributed by atoms with Gasteiger partial charge in [-0.2, -0.15) is 0 Å². The molecule has 0 bridgehead atoms. The lowest BCUT2D eigenvalue weighted by Crippen LogP contribution is -2.04. The highest BCUT2D eigenvalue weighted by Crippen LogP contribution is 2.18. The monoisotopic (exact) mass is 430 g/mol. The summed E-state index contributed by atoms with van der Waals surface area (Å²) in [5.41, 5.74) is 3.87. The Balaban J connectivity index is 0.000000157. The van der Waals surface area contributed by atoms with E-state index in [1.54, 1.807) is 18.2 Å². The topological polar surface area (TPSA) is 47.3 Å². The van der Waals surface area contributed by atoms with Gasteiger partial charge in [0.15, 0.2) is 11.2 Å². The Morgan fingerprint density at radius 1 is 0.667 bits per heavy atom. The van der Waals surface area contributed by atoms with E-state index in [0.717, 1.165) is 16.7 Å². The molecule has 3 heteroatoms. The number of carbonyl (C=O) groups is 1. The number of hydrogen-bond acceptors (Lipinski definition) is 3. The number of benzene rings is 4. The summed E-state index contributed by atoms with van der Waals surface area (Å²) in [6.07, 6.45) is 4.96. The zero-order valence-corrected chi connectivity index (χ0v) is 17.9. The maximum Gasteiger partial charge on any atom is 0.200 e. The summed E-state index contributed by atoms with van der Waals surface area (Å²) < 4.78 is 5.48. The molecule has 0 saturated carbocycles. The molecular formula is C30H22O3. The molecular weight excluding hydrogens is 408 g/mol. The van der Waals surface area contributed by atoms with Gasteiger partial charge in [-0.1, -0.05) is 109 Å². The molecule has 0 atom stereocenters. The van der Waals surface area contributed by atoms with E-state index in [1.807, 2.05) is 109 Å². The molecule has 0 spiro atoms. The fraction of sp³-hybridized carbons (Fsp3) is 0. The van der Waals surface area contributed by atoms with Gasteiger partial charge in [0.2, 0.25) is 0 Å². The van der Waals surface area contributed by atoms with Crippen molar-refractivity contribution in [1.29, 1.82) is 0 Å². The van der Waals surface area contributed by atoms with Gasteiger partial charge in [-0.15, -0.1) is 0 Å². The molecule has 1 aromatic heterocycles. The molecule has 0 aliphatic heterocycles. The molecule has 160 valence electrons. The molecule has 4 aromatic carbocycles. The summed E-state index contributed by atoms with van der Waals surface area (Å²) in [5, 5.41) is 0.619. The van der Waals surface area contributed by atoms with Crippen molar-refractivity contribution in [3.05, 3.63) is 149 Å². The molecule has 0 aliphatic carbocycles. The fourth-order valence-corrected chi connectivity index (χ4v) is 3.33. The van der Waals surface area contributed by atoms with Crippen molar-refractivity contribution in [1.82, 2.24) is 0 Å². The highest BCUT2D eigenvalue weighted by atomic mass is 16.3. The average molecular weight is 431 g/mol. The lowest BCUT2D eigenvalue weighted by molar-refractivity contribution is 0.104. The predicted molar refractivity (Wildman–Crippen MR) is 134 cm³/mol. The Kier molecular flexibility index (Phi) is 7.04. The normalized spacial score (nSPS) is 10.5. The third-order valence-electron chi connectivity index (χ3n) is 5.05. The third-order valence-corrected chi connectivity index (χ3v) is 5.05. The van der Waals surface area contributed by atoms with Crippen molar-refractivity contribution in [3.63, 3.8) is 0 Å². The second-order valence-electron chi connectivity index (χ2n) is 7.31. The SMILES string of the molecule is O=C(C=Cc1ccccc1)c1ccccc1.O=c1c(-c2ccccc2)coc2ccccc12. The van der Waals surface area contributed by atoms with Crippen molar-refractivity contribution in [2.24, 2.45) is 0 Å². The number of para-hydroxylation sites is 1. The first-order chi connectivity index (χ1) is 16.2. The van der Waals surface area contributed by atoms with E-state index in [9.17, 15) is 9.59 Å². The van der Waals surface area contributed by atoms with Gasteiger partial charge in [0, 0.05) is 5.56 Å². The maximum absolute atomic E-state index is 12.3. The molecule has 0 aliphatic rings. The zero-order valence-electron chi connectivity index (χ0n) is 17.9. The van der Waals surface area contributed by atoms with Gasteiger partial charge in [-0.25, -0.2) is 0 Å². The van der Waals surface area contributed by atoms with Crippen LogP contribution in [0.15, 0.2) is 137 Å². The highest BCUT2D eigenvalue weighted by molar-refractivity contribution is 6.06. The minimum Gasteiger partial charge on any atom is -0.463 e. The van der Waals surface area contributed by atoms with Crippen LogP contribution < -0.4 is 5.43 Å². The Bertz CT molecular complexity index is 1420. The Labute approximate surface area is 192 Å². The number of ketones is 1. The number of fused-ring (bicyclic) bond motifs is 1. The Hall–Kier alpha value is -4.50. The molecule has 0 N–H and O–H groups in total. The number of hydrogen-bond donors (Lipinski definition) is 0. The maximum atomic E-state index is 12.3. The van der Waals surface area contributed by atoms with E-state index in [2.05, 4.69) is 0 Å². The first-order valence-electron chi connectivity index (χ1n) is 10.6. The van der Waals surface area contributed by atoms with Crippen LogP contribution in [0.1, 0.15) is 15.9 Å². The molecule has 0 saturated heterocycles. The van der Waals surface area contributed by atoms with Gasteiger partial charge < -0.3 is 4.42 Å². The molecule has 33 heavy (non-hydrogen) atoms. The summed E-state index contributed by atoms with van der Waals surface area (Å²) in [7, 11) is 0. The van der Waals surface area contributed by atoms with Crippen LogP contribution >= 0.6 is 0 Å². The summed E-state index contributed by atoms with van der Waals surface area (Å²) in [5.74, 6) is 0.0319. The zero-order chi connectivity index (χ0) is 22.9. The molecule has 0 radical (unpaired) electrons. The average Bonchev–Trinajstić information content (AvgIpc) is 2.90. The minimum atomic E-state index is 0.0121. The standard InChI is InChI=1S/C15H10O2.C15H12O/c16-15-12-8-4-5-9-14(12)17-10-13(15)11-6-2-1-3-7-11;16-15(14-9-5-2-6-10-14)12-11-13-7-3-1-4-8-13/h1-10H;1-12H. The Morgan fingerprint density at radius 3 is 1.94 bits per heavy atom. The van der Waals surface area contributed by atoms with Crippen molar-refractivity contribution in [2.45, 2.75) is 0 Å². The molecule has 0 amide bonds. The van der Waals surface area contributed by atoms with Crippen LogP contribution in [0, 0.1) is 0 Å². The predicted octanol–water partition coefficient (Wildman–Crippen LogP) is 7.04. The molecule has 5 rings (SSSR count). The molecule has 3 nitrogen and oxygen atoms in total. The van der Waals surface area contributed by atoms with E-state index in [0.29, 0.717) is 16.5 Å². The quantitative estimate of drug-likeness (QED) is 0.227. The number of allylic oxidation sites excluding steroid dienone is 1. The first kappa shape index (κ1) is 21.7. The first-order valence-corrected chi connectivity index (χ1v) is 10.6. The molecule has 5 aromatic rings. The van der Waals surface area contributed by atoms with Crippen molar-refractivity contribution in [2.75, 3.05) is 0 Å². The highest BCUT2D eigenvalue weighted by Gasteiger charge is 2.07. The van der Waals surface area contributed by atoms with E-state index in [1.165, 1.54) is 6.26 Å². The van der Waals surface area contributed by atoms with E-state index in [-0.39, 0.29) is 11.2 Å². The smallest absolute Gasteiger partial charge is 0.200 e. The fourth-order valence-electron chi connectivity index (χ4n) is 3.33. The second kappa shape index (κ2) is 10.7. The van der Waals surface area contributed by atoms with E-state index < -0.39 is 0 Å². The minimum absolute atomic E-state index is 0.0121. The van der Waals surface area contributed by atoms with Crippen LogP contribution in [0.5, 0.6) is 0 Å². The van der Waals surface area contributed by atoms with Crippen LogP contribution in [-0.4, -0.2) is 5.78 Å². The van der Waals surface area contributed by atoms with Gasteiger partial charge >= 0.3 is 0 Å². The van der Waals surface area contributed by atoms with Crippen LogP contribution in [0.4, 0.5) is 0 Å². The largest absolute Gasteiger partial charge is 0.463 e. The third kappa shape index (κ3) is 5.60. The lowest BCUT2D eigenvalue weighted by Gasteiger charge is -2.01. The van der Waals surface area contributed by atoms with Crippen LogP contribution in [0.25, 0.3) is 28.2 Å². The van der Waals surface area contributed by atoms with E-state index in [4.69, 9.17) is 4.42 Å². The van der Waals surface area contributed by atoms with Gasteiger partial charge in [0.1, 0.15) is 11.8 Å². The van der Waals surface area contributed by atoms with Crippen molar-refractivity contribution < 1.29 is 9.21 Å². The molecule has 0 unspecified atom stereocenters. The second-order valence-corrected chi connectivity index (χ2v) is 7.31. The summed E-state index contributed by atoms with van der Waals surface area (Å²) in [4.78, 5) is 24.0. The van der Waals surface area contributed by atoms with E-state index >= 15 is 0 Å². The van der Waals surface area contributed by atoms with Gasteiger partial charge in [-0.3, -0.25) is 9.59 Å². The van der Waals surface area contributed by atoms with Gasteiger partial charge in [0.25, 0.3) is 0 Å². The van der Waals surface area contributed by atoms with Crippen LogP contribution in [0.3, 0.4) is 0 Å². The summed E-state index contributed by atoms with van der Waals surface area (Å²) in [6.45, 7) is 0. The Morgan fingerprint density at radius 2 is 1.24 bits per heavy atom. The number of carbonyl (C=O) groups excluding carboxylic acids is 1. The lowest BCUT2D eigenvalue weighted by atomic mass is 10.1. The van der Waals surface area contributed by atoms with Crippen LogP contribution in [0.2, 0.25) is 0 Å². The summed E-state index contributed by atoms with van der Waals surface area (Å²) >= 11 is 0. The van der Waals surface area contributed by atoms with Crippen LogP contribution in [-0.2, 0) is 0 Å². The molecule has 1 heterocycles. The van der Waals surface area contributed by atoms with Gasteiger partial charge in [0.05, 0.1) is 10.9 Å².